The molecule has 0 atom stereocenters. The van der Waals surface area contributed by atoms with E-state index in [2.05, 4.69) is 20.2 Å². The van der Waals surface area contributed by atoms with Crippen LogP contribution in [-0.2, 0) is 19.6 Å². The zero-order chi connectivity index (χ0) is 17.3. The molecule has 0 unspecified atom stereocenters. The quantitative estimate of drug-likeness (QED) is 0.695. The predicted molar refractivity (Wildman–Crippen MR) is 98.7 cm³/mol. The van der Waals surface area contributed by atoms with Crippen LogP contribution in [0.2, 0.25) is 0 Å². The molecular weight excluding hydrogens is 362 g/mol. The van der Waals surface area contributed by atoms with Crippen LogP contribution in [0.1, 0.15) is 38.9 Å². The Morgan fingerprint density at radius 1 is 0.960 bits per heavy atom. The van der Waals surface area contributed by atoms with Crippen LogP contribution in [0.5, 0.6) is 0 Å². The molecule has 3 aromatic heterocycles. The molecule has 0 aliphatic heterocycles. The number of hydrogen-bond donors (Lipinski definition) is 1. The maximum Gasteiger partial charge on any atom is 0.180 e. The van der Waals surface area contributed by atoms with Crippen LogP contribution in [0.25, 0.3) is 0 Å². The number of aromatic nitrogens is 3. The second kappa shape index (κ2) is 7.99. The second-order valence-corrected chi connectivity index (χ2v) is 7.06. The topological polar surface area (TPSA) is 94.2 Å². The molecular formula is C16H22ClN5O2S. The number of hydrogen-bond acceptors (Lipinski definition) is 8. The van der Waals surface area contributed by atoms with Gasteiger partial charge >= 0.3 is 0 Å². The minimum absolute atomic E-state index is 0. The lowest BCUT2D eigenvalue weighted by Gasteiger charge is -2.21. The molecule has 0 radical (unpaired) electrons. The summed E-state index contributed by atoms with van der Waals surface area (Å²) in [6, 6.07) is 0. The number of nitrogens with zero attached hydrogens (tertiary/aromatic N) is 4. The molecule has 0 saturated carbocycles. The van der Waals surface area contributed by atoms with Gasteiger partial charge in [0.15, 0.2) is 5.13 Å². The molecule has 0 amide bonds. The van der Waals surface area contributed by atoms with Crippen molar-refractivity contribution in [3.05, 3.63) is 45.1 Å². The number of aryl methyl sites for hydroxylation is 4. The summed E-state index contributed by atoms with van der Waals surface area (Å²) in [5.74, 6) is 1.69. The maximum atomic E-state index is 5.76. The summed E-state index contributed by atoms with van der Waals surface area (Å²) in [4.78, 5) is 7.56. The van der Waals surface area contributed by atoms with E-state index in [1.807, 2.05) is 33.9 Å². The number of anilines is 1. The molecule has 3 heterocycles. The Labute approximate surface area is 156 Å². The highest BCUT2D eigenvalue weighted by Gasteiger charge is 2.19. The van der Waals surface area contributed by atoms with Gasteiger partial charge in [-0.05, 0) is 27.7 Å². The van der Waals surface area contributed by atoms with Crippen LogP contribution in [0.15, 0.2) is 15.2 Å². The molecule has 0 aromatic carbocycles. The van der Waals surface area contributed by atoms with Gasteiger partial charge in [0, 0.05) is 41.8 Å². The fourth-order valence-corrected chi connectivity index (χ4v) is 3.41. The van der Waals surface area contributed by atoms with Crippen molar-refractivity contribution < 1.29 is 9.05 Å². The first-order chi connectivity index (χ1) is 11.4. The summed E-state index contributed by atoms with van der Waals surface area (Å²) in [5, 5.41) is 8.68. The SMILES string of the molecule is Cc1noc(C)c1CN(Cc1cnc(N)s1)Cc1c(C)noc1C.Cl. The molecule has 0 bridgehead atoms. The van der Waals surface area contributed by atoms with Crippen LogP contribution in [-0.4, -0.2) is 20.2 Å². The van der Waals surface area contributed by atoms with Crippen molar-refractivity contribution in [3.8, 4) is 0 Å². The van der Waals surface area contributed by atoms with Gasteiger partial charge in [-0.25, -0.2) is 4.98 Å². The molecule has 0 spiro atoms. The van der Waals surface area contributed by atoms with E-state index in [4.69, 9.17) is 14.8 Å². The molecule has 136 valence electrons. The van der Waals surface area contributed by atoms with Crippen molar-refractivity contribution in [1.82, 2.24) is 20.2 Å². The Balaban J connectivity index is 0.00000225. The van der Waals surface area contributed by atoms with Gasteiger partial charge in [-0.15, -0.1) is 23.7 Å². The fourth-order valence-electron chi connectivity index (χ4n) is 2.69. The van der Waals surface area contributed by atoms with Crippen molar-refractivity contribution >= 4 is 28.9 Å². The first-order valence-corrected chi connectivity index (χ1v) is 8.51. The van der Waals surface area contributed by atoms with Crippen molar-refractivity contribution in [3.63, 3.8) is 0 Å². The third kappa shape index (κ3) is 4.39. The summed E-state index contributed by atoms with van der Waals surface area (Å²) in [6.45, 7) is 9.99. The summed E-state index contributed by atoms with van der Waals surface area (Å²) in [7, 11) is 0. The molecule has 25 heavy (non-hydrogen) atoms. The normalized spacial score (nSPS) is 11.1. The summed E-state index contributed by atoms with van der Waals surface area (Å²) < 4.78 is 10.6. The zero-order valence-corrected chi connectivity index (χ0v) is 16.3. The van der Waals surface area contributed by atoms with Crippen LogP contribution in [0, 0.1) is 27.7 Å². The molecule has 2 N–H and O–H groups in total. The lowest BCUT2D eigenvalue weighted by molar-refractivity contribution is 0.245. The van der Waals surface area contributed by atoms with Crippen molar-refractivity contribution in [2.45, 2.75) is 47.3 Å². The smallest absolute Gasteiger partial charge is 0.180 e. The van der Waals surface area contributed by atoms with Gasteiger partial charge in [0.25, 0.3) is 0 Å². The minimum Gasteiger partial charge on any atom is -0.375 e. The zero-order valence-electron chi connectivity index (χ0n) is 14.7. The minimum atomic E-state index is 0. The van der Waals surface area contributed by atoms with Gasteiger partial charge in [-0.1, -0.05) is 10.3 Å². The number of halogens is 1. The highest BCUT2D eigenvalue weighted by atomic mass is 35.5. The van der Waals surface area contributed by atoms with E-state index in [0.29, 0.717) is 5.13 Å². The second-order valence-electron chi connectivity index (χ2n) is 5.92. The van der Waals surface area contributed by atoms with E-state index in [9.17, 15) is 0 Å². The number of thiazole rings is 1. The molecule has 0 fully saturated rings. The summed E-state index contributed by atoms with van der Waals surface area (Å²) >= 11 is 1.50. The number of nitrogen functional groups attached to an aromatic ring is 1. The highest BCUT2D eigenvalue weighted by Crippen LogP contribution is 2.24. The van der Waals surface area contributed by atoms with Gasteiger partial charge in [0.1, 0.15) is 11.5 Å². The molecule has 9 heteroatoms. The molecule has 0 aliphatic rings. The van der Waals surface area contributed by atoms with E-state index in [1.165, 1.54) is 11.3 Å². The van der Waals surface area contributed by atoms with Crippen molar-refractivity contribution in [2.75, 3.05) is 5.73 Å². The fraction of sp³-hybridized carbons (Fsp3) is 0.438. The molecule has 3 rings (SSSR count). The van der Waals surface area contributed by atoms with Gasteiger partial charge < -0.3 is 14.8 Å². The molecule has 0 saturated heterocycles. The van der Waals surface area contributed by atoms with Crippen LogP contribution < -0.4 is 5.73 Å². The first-order valence-electron chi connectivity index (χ1n) is 7.70. The van der Waals surface area contributed by atoms with E-state index in [0.717, 1.165) is 58.5 Å². The first kappa shape index (κ1) is 19.4. The molecule has 0 aliphatic carbocycles. The van der Waals surface area contributed by atoms with Crippen molar-refractivity contribution in [2.24, 2.45) is 0 Å². The van der Waals surface area contributed by atoms with E-state index < -0.39 is 0 Å². The van der Waals surface area contributed by atoms with Crippen molar-refractivity contribution in [1.29, 1.82) is 0 Å². The van der Waals surface area contributed by atoms with Gasteiger partial charge in [0.2, 0.25) is 0 Å². The summed E-state index contributed by atoms with van der Waals surface area (Å²) in [6.07, 6.45) is 1.83. The molecule has 7 nitrogen and oxygen atoms in total. The Morgan fingerprint density at radius 2 is 1.48 bits per heavy atom. The third-order valence-electron chi connectivity index (χ3n) is 4.08. The van der Waals surface area contributed by atoms with Crippen LogP contribution in [0.3, 0.4) is 0 Å². The van der Waals surface area contributed by atoms with E-state index in [1.54, 1.807) is 0 Å². The standard InChI is InChI=1S/C16H21N5O2S.ClH/c1-9-14(11(3)22-19-9)7-21(6-13-5-18-16(17)24-13)8-15-10(2)20-23-12(15)4;/h5H,6-8H2,1-4H3,(H2,17,18);1H. The summed E-state index contributed by atoms with van der Waals surface area (Å²) in [5.41, 5.74) is 9.82. The third-order valence-corrected chi connectivity index (χ3v) is 4.89. The maximum absolute atomic E-state index is 5.76. The largest absolute Gasteiger partial charge is 0.375 e. The Kier molecular flexibility index (Phi) is 6.21. The average molecular weight is 384 g/mol. The van der Waals surface area contributed by atoms with Crippen LogP contribution >= 0.6 is 23.7 Å². The molecule has 3 aromatic rings. The average Bonchev–Trinajstić information content (AvgIpc) is 3.18. The Hall–Kier alpha value is -1.90. The Morgan fingerprint density at radius 3 is 1.84 bits per heavy atom. The van der Waals surface area contributed by atoms with Gasteiger partial charge in [-0.3, -0.25) is 4.90 Å². The highest BCUT2D eigenvalue weighted by molar-refractivity contribution is 7.15. The van der Waals surface area contributed by atoms with Gasteiger partial charge in [0.05, 0.1) is 11.4 Å². The Bertz CT molecular complexity index is 754. The monoisotopic (exact) mass is 383 g/mol. The number of rotatable bonds is 6. The van der Waals surface area contributed by atoms with Gasteiger partial charge in [-0.2, -0.15) is 0 Å². The number of nitrogens with two attached hydrogens (primary N) is 1. The lowest BCUT2D eigenvalue weighted by Crippen LogP contribution is -2.23. The predicted octanol–water partition coefficient (Wildman–Crippen LogP) is 3.56. The lowest BCUT2D eigenvalue weighted by atomic mass is 10.1. The van der Waals surface area contributed by atoms with E-state index >= 15 is 0 Å². The van der Waals surface area contributed by atoms with E-state index in [-0.39, 0.29) is 12.4 Å². The van der Waals surface area contributed by atoms with Crippen LogP contribution in [0.4, 0.5) is 5.13 Å².